The van der Waals surface area contributed by atoms with E-state index in [2.05, 4.69) is 15.3 Å². The molecule has 33 heavy (non-hydrogen) atoms. The van der Waals surface area contributed by atoms with E-state index in [0.29, 0.717) is 28.8 Å². The second-order valence-corrected chi connectivity index (χ2v) is 8.47. The summed E-state index contributed by atoms with van der Waals surface area (Å²) in [6.45, 7) is 2.27. The third-order valence-electron chi connectivity index (χ3n) is 5.22. The Bertz CT molecular complexity index is 1510. The minimum absolute atomic E-state index is 0.0915. The van der Waals surface area contributed by atoms with Crippen LogP contribution in [0.3, 0.4) is 0 Å². The highest BCUT2D eigenvalue weighted by Crippen LogP contribution is 2.24. The first kappa shape index (κ1) is 20.8. The fraction of sp³-hybridized carbons (Fsp3) is 0.0769. The third-order valence-corrected chi connectivity index (χ3v) is 6.16. The fourth-order valence-electron chi connectivity index (χ4n) is 3.49. The summed E-state index contributed by atoms with van der Waals surface area (Å²) >= 11 is 1.53. The highest BCUT2D eigenvalue weighted by molar-refractivity contribution is 7.13. The van der Waals surface area contributed by atoms with Crippen LogP contribution in [0, 0.1) is 6.92 Å². The molecule has 0 unspecified atom stereocenters. The van der Waals surface area contributed by atoms with E-state index in [-0.39, 0.29) is 11.3 Å². The van der Waals surface area contributed by atoms with Gasteiger partial charge in [-0.05, 0) is 43.3 Å². The maximum Gasteiger partial charge on any atom is 0.251 e. The lowest BCUT2D eigenvalue weighted by molar-refractivity contribution is 0.0950. The van der Waals surface area contributed by atoms with Crippen LogP contribution in [0.15, 0.2) is 87.6 Å². The van der Waals surface area contributed by atoms with Crippen LogP contribution in [0.2, 0.25) is 0 Å². The largest absolute Gasteiger partial charge is 0.456 e. The van der Waals surface area contributed by atoms with Gasteiger partial charge in [-0.15, -0.1) is 11.3 Å². The van der Waals surface area contributed by atoms with E-state index in [1.54, 1.807) is 42.7 Å². The molecule has 1 N–H and O–H groups in total. The zero-order valence-electron chi connectivity index (χ0n) is 17.7. The Kier molecular flexibility index (Phi) is 5.54. The number of pyridine rings is 1. The Labute approximate surface area is 193 Å². The van der Waals surface area contributed by atoms with Gasteiger partial charge in [-0.1, -0.05) is 23.8 Å². The number of amides is 1. The molecule has 0 aliphatic heterocycles. The van der Waals surface area contributed by atoms with Gasteiger partial charge in [-0.2, -0.15) is 0 Å². The predicted molar refractivity (Wildman–Crippen MR) is 129 cm³/mol. The molecule has 7 heteroatoms. The van der Waals surface area contributed by atoms with Crippen molar-refractivity contribution in [3.63, 3.8) is 0 Å². The van der Waals surface area contributed by atoms with Crippen LogP contribution in [0.5, 0.6) is 0 Å². The van der Waals surface area contributed by atoms with Crippen LogP contribution in [0.4, 0.5) is 0 Å². The molecule has 0 aliphatic carbocycles. The number of carbonyl (C=O) groups excluding carboxylic acids is 1. The van der Waals surface area contributed by atoms with Crippen LogP contribution in [0.1, 0.15) is 21.6 Å². The van der Waals surface area contributed by atoms with Gasteiger partial charge in [-0.25, -0.2) is 4.98 Å². The molecule has 3 aromatic heterocycles. The van der Waals surface area contributed by atoms with Crippen molar-refractivity contribution >= 4 is 28.2 Å². The van der Waals surface area contributed by atoms with Gasteiger partial charge >= 0.3 is 0 Å². The minimum atomic E-state index is -0.199. The maximum absolute atomic E-state index is 12.6. The van der Waals surface area contributed by atoms with Crippen LogP contribution < -0.4 is 10.7 Å². The molecule has 162 valence electrons. The summed E-state index contributed by atoms with van der Waals surface area (Å²) in [6, 6.07) is 17.8. The van der Waals surface area contributed by atoms with Gasteiger partial charge < -0.3 is 9.73 Å². The summed E-state index contributed by atoms with van der Waals surface area (Å²) < 4.78 is 5.92. The van der Waals surface area contributed by atoms with Gasteiger partial charge in [-0.3, -0.25) is 14.6 Å². The van der Waals surface area contributed by atoms with Crippen LogP contribution in [0.25, 0.3) is 32.9 Å². The van der Waals surface area contributed by atoms with Crippen molar-refractivity contribution in [3.05, 3.63) is 105 Å². The molecule has 2 aromatic carbocycles. The predicted octanol–water partition coefficient (Wildman–Crippen LogP) is 5.22. The van der Waals surface area contributed by atoms with Crippen molar-refractivity contribution in [2.24, 2.45) is 0 Å². The van der Waals surface area contributed by atoms with Gasteiger partial charge in [0.25, 0.3) is 5.91 Å². The number of hydrogen-bond donors (Lipinski definition) is 1. The number of carbonyl (C=O) groups is 1. The summed E-state index contributed by atoms with van der Waals surface area (Å²) in [4.78, 5) is 33.7. The Morgan fingerprint density at radius 3 is 2.58 bits per heavy atom. The quantitative estimate of drug-likeness (QED) is 0.395. The summed E-state index contributed by atoms with van der Waals surface area (Å²) in [6.07, 6.45) is 3.46. The van der Waals surface area contributed by atoms with E-state index in [0.717, 1.165) is 27.4 Å². The number of aromatic nitrogens is 2. The normalized spacial score (nSPS) is 10.9. The van der Waals surface area contributed by atoms with Crippen molar-refractivity contribution in [1.29, 1.82) is 0 Å². The van der Waals surface area contributed by atoms with Gasteiger partial charge in [0, 0.05) is 40.5 Å². The Morgan fingerprint density at radius 2 is 1.79 bits per heavy atom. The van der Waals surface area contributed by atoms with Crippen molar-refractivity contribution in [2.45, 2.75) is 13.5 Å². The Morgan fingerprint density at radius 1 is 1.00 bits per heavy atom. The molecular formula is C26H19N3O3S. The molecule has 6 nitrogen and oxygen atoms in total. The first-order valence-electron chi connectivity index (χ1n) is 10.3. The second-order valence-electron chi connectivity index (χ2n) is 7.61. The van der Waals surface area contributed by atoms with Crippen molar-refractivity contribution < 1.29 is 9.21 Å². The first-order chi connectivity index (χ1) is 16.1. The van der Waals surface area contributed by atoms with Gasteiger partial charge in [0.1, 0.15) is 16.4 Å². The van der Waals surface area contributed by atoms with Crippen molar-refractivity contribution in [2.75, 3.05) is 0 Å². The van der Waals surface area contributed by atoms with Crippen LogP contribution in [-0.4, -0.2) is 15.9 Å². The zero-order valence-corrected chi connectivity index (χ0v) is 18.6. The molecule has 0 saturated carbocycles. The van der Waals surface area contributed by atoms with E-state index >= 15 is 0 Å². The molecule has 0 fully saturated rings. The average Bonchev–Trinajstić information content (AvgIpc) is 3.33. The lowest BCUT2D eigenvalue weighted by Gasteiger charge is -2.06. The molecule has 0 saturated heterocycles. The van der Waals surface area contributed by atoms with Crippen LogP contribution in [-0.2, 0) is 6.54 Å². The monoisotopic (exact) mass is 453 g/mol. The molecule has 0 aliphatic rings. The maximum atomic E-state index is 12.6. The topological polar surface area (TPSA) is 85.1 Å². The number of hydrogen-bond acceptors (Lipinski definition) is 6. The lowest BCUT2D eigenvalue weighted by atomic mass is 10.1. The highest BCUT2D eigenvalue weighted by atomic mass is 32.1. The summed E-state index contributed by atoms with van der Waals surface area (Å²) in [7, 11) is 0. The lowest BCUT2D eigenvalue weighted by Crippen LogP contribution is -2.22. The van der Waals surface area contributed by atoms with Gasteiger partial charge in [0.2, 0.25) is 0 Å². The summed E-state index contributed by atoms with van der Waals surface area (Å²) in [5.74, 6) is 0.268. The van der Waals surface area contributed by atoms with Gasteiger partial charge in [0.05, 0.1) is 17.6 Å². The van der Waals surface area contributed by atoms with Gasteiger partial charge in [0.15, 0.2) is 5.43 Å². The number of fused-ring (bicyclic) bond motifs is 1. The summed E-state index contributed by atoms with van der Waals surface area (Å²) in [5.41, 5.74) is 4.49. The van der Waals surface area contributed by atoms with Crippen molar-refractivity contribution in [3.8, 4) is 21.9 Å². The number of rotatable bonds is 5. The highest BCUT2D eigenvalue weighted by Gasteiger charge is 2.11. The fourth-order valence-corrected chi connectivity index (χ4v) is 4.31. The number of nitrogens with zero attached hydrogens (tertiary/aromatic N) is 2. The number of thiazole rings is 1. The van der Waals surface area contributed by atoms with Crippen LogP contribution >= 0.6 is 11.3 Å². The summed E-state index contributed by atoms with van der Waals surface area (Å²) in [5, 5.41) is 6.28. The molecule has 0 spiro atoms. The Hall–Kier alpha value is -4.10. The van der Waals surface area contributed by atoms with E-state index in [1.165, 1.54) is 17.4 Å². The number of nitrogens with one attached hydrogen (secondary N) is 1. The molecule has 0 bridgehead atoms. The van der Waals surface area contributed by atoms with E-state index in [9.17, 15) is 9.59 Å². The van der Waals surface area contributed by atoms with E-state index in [4.69, 9.17) is 4.42 Å². The number of aryl methyl sites for hydroxylation is 1. The SMILES string of the molecule is Cc1ccc2oc(-c3ccc(C(=O)NCc4csc(-c5ccncc5)n4)cc3)cc(=O)c2c1. The molecule has 1 amide bonds. The average molecular weight is 454 g/mol. The van der Waals surface area contributed by atoms with E-state index in [1.807, 2.05) is 36.6 Å². The smallest absolute Gasteiger partial charge is 0.251 e. The molecular weight excluding hydrogens is 434 g/mol. The first-order valence-corrected chi connectivity index (χ1v) is 11.2. The number of benzene rings is 2. The van der Waals surface area contributed by atoms with E-state index < -0.39 is 0 Å². The second kappa shape index (κ2) is 8.80. The van der Waals surface area contributed by atoms with Crippen molar-refractivity contribution in [1.82, 2.24) is 15.3 Å². The molecule has 3 heterocycles. The third kappa shape index (κ3) is 4.44. The standard InChI is InChI=1S/C26H19N3O3S/c1-16-2-7-23-21(12-16)22(30)13-24(32-23)17-3-5-18(6-4-17)25(31)28-14-20-15-33-26(29-20)19-8-10-27-11-9-19/h2-13,15H,14H2,1H3,(H,28,31). The molecule has 0 radical (unpaired) electrons. The molecule has 5 rings (SSSR count). The zero-order chi connectivity index (χ0) is 22.8. The minimum Gasteiger partial charge on any atom is -0.456 e. The molecule has 0 atom stereocenters. The molecule has 5 aromatic rings. The Balaban J connectivity index is 1.28.